The van der Waals surface area contributed by atoms with Crippen molar-refractivity contribution in [3.8, 4) is 0 Å². The first-order valence-electron chi connectivity index (χ1n) is 3.00. The molecule has 11 heavy (non-hydrogen) atoms. The van der Waals surface area contributed by atoms with Crippen molar-refractivity contribution >= 4 is 17.1 Å². The first-order chi connectivity index (χ1) is 5.27. The maximum absolute atomic E-state index is 11.1. The van der Waals surface area contributed by atoms with Gasteiger partial charge < -0.3 is 0 Å². The molecule has 0 saturated carbocycles. The van der Waals surface area contributed by atoms with Gasteiger partial charge in [-0.2, -0.15) is 0 Å². The lowest BCUT2D eigenvalue weighted by molar-refractivity contribution is 0.890. The lowest BCUT2D eigenvalue weighted by Crippen LogP contribution is -2.11. The van der Waals surface area contributed by atoms with Crippen LogP contribution in [0.15, 0.2) is 23.1 Å². The Bertz CT molecular complexity index is 444. The Hall–Kier alpha value is -1.29. The van der Waals surface area contributed by atoms with Crippen LogP contribution in [0.3, 0.4) is 0 Å². The minimum Gasteiger partial charge on any atom is -0.294 e. The maximum Gasteiger partial charge on any atom is 0.276 e. The number of aromatic nitrogens is 3. The summed E-state index contributed by atoms with van der Waals surface area (Å²) in [6, 6.07) is 3.40. The predicted molar refractivity (Wildman–Crippen MR) is 40.8 cm³/mol. The number of aromatic amines is 1. The van der Waals surface area contributed by atoms with Crippen LogP contribution in [-0.2, 0) is 0 Å². The van der Waals surface area contributed by atoms with Crippen LogP contribution in [-0.4, -0.2) is 14.6 Å². The van der Waals surface area contributed by atoms with Crippen LogP contribution in [0.5, 0.6) is 0 Å². The van der Waals surface area contributed by atoms with E-state index < -0.39 is 0 Å². The zero-order valence-corrected chi connectivity index (χ0v) is 6.17. The topological polar surface area (TPSA) is 50.2 Å². The summed E-state index contributed by atoms with van der Waals surface area (Å²) in [6.45, 7) is 0. The van der Waals surface area contributed by atoms with E-state index >= 15 is 0 Å². The molecule has 0 aliphatic carbocycles. The molecule has 56 valence electrons. The first kappa shape index (κ1) is 6.42. The van der Waals surface area contributed by atoms with Crippen molar-refractivity contribution in [3.63, 3.8) is 0 Å². The zero-order chi connectivity index (χ0) is 7.84. The van der Waals surface area contributed by atoms with E-state index in [0.29, 0.717) is 5.52 Å². The molecule has 2 heterocycles. The zero-order valence-electron chi connectivity index (χ0n) is 5.41. The number of hydrogen-bond donors (Lipinski definition) is 1. The first-order valence-corrected chi connectivity index (χ1v) is 3.38. The van der Waals surface area contributed by atoms with Crippen molar-refractivity contribution in [3.05, 3.63) is 34.0 Å². The summed E-state index contributed by atoms with van der Waals surface area (Å²) in [7, 11) is 0. The minimum absolute atomic E-state index is 0.0960. The van der Waals surface area contributed by atoms with Crippen LogP contribution in [0.4, 0.5) is 0 Å². The lowest BCUT2D eigenvalue weighted by Gasteiger charge is -1.91. The smallest absolute Gasteiger partial charge is 0.276 e. The Labute approximate surface area is 66.4 Å². The largest absolute Gasteiger partial charge is 0.294 e. The van der Waals surface area contributed by atoms with Crippen molar-refractivity contribution < 1.29 is 0 Å². The number of nitrogens with one attached hydrogen (secondary N) is 1. The molecule has 0 aromatic carbocycles. The van der Waals surface area contributed by atoms with E-state index in [1.54, 1.807) is 18.3 Å². The Kier molecular flexibility index (Phi) is 1.22. The number of halogens is 1. The van der Waals surface area contributed by atoms with Gasteiger partial charge in [0.1, 0.15) is 5.52 Å². The van der Waals surface area contributed by atoms with Gasteiger partial charge in [-0.05, 0) is 23.7 Å². The number of H-pyrrole nitrogens is 1. The van der Waals surface area contributed by atoms with Crippen LogP contribution in [0.2, 0.25) is 5.28 Å². The number of fused-ring (bicyclic) bond motifs is 1. The van der Waals surface area contributed by atoms with Crippen molar-refractivity contribution in [1.82, 2.24) is 14.6 Å². The molecule has 0 unspecified atom stereocenters. The number of nitrogens with zero attached hydrogens (tertiary/aromatic N) is 2. The van der Waals surface area contributed by atoms with Crippen LogP contribution in [0.1, 0.15) is 0 Å². The Morgan fingerprint density at radius 1 is 1.64 bits per heavy atom. The SMILES string of the molecule is O=c1[nH]c(Cl)nn2cccc12. The van der Waals surface area contributed by atoms with E-state index in [-0.39, 0.29) is 10.8 Å². The standard InChI is InChI=1S/C6H4ClN3O/c7-6-8-5(11)4-2-1-3-10(4)9-6/h1-3H,(H,8,9,11). The summed E-state index contributed by atoms with van der Waals surface area (Å²) in [5.74, 6) is 0. The third kappa shape index (κ3) is 0.914. The van der Waals surface area contributed by atoms with Gasteiger partial charge >= 0.3 is 0 Å². The number of rotatable bonds is 0. The number of hydrogen-bond acceptors (Lipinski definition) is 2. The molecule has 0 bridgehead atoms. The molecular formula is C6H4ClN3O. The molecule has 0 aliphatic heterocycles. The van der Waals surface area contributed by atoms with Crippen molar-refractivity contribution in [2.45, 2.75) is 0 Å². The molecule has 0 saturated heterocycles. The van der Waals surface area contributed by atoms with Crippen LogP contribution >= 0.6 is 11.6 Å². The van der Waals surface area contributed by atoms with Crippen LogP contribution in [0, 0.1) is 0 Å². The molecule has 0 atom stereocenters. The third-order valence-corrected chi connectivity index (χ3v) is 1.54. The second-order valence-electron chi connectivity index (χ2n) is 2.08. The van der Waals surface area contributed by atoms with Crippen LogP contribution in [0.25, 0.3) is 5.52 Å². The summed E-state index contributed by atoms with van der Waals surface area (Å²) in [6.07, 6.45) is 1.66. The summed E-state index contributed by atoms with van der Waals surface area (Å²) in [5, 5.41) is 3.92. The monoisotopic (exact) mass is 169 g/mol. The quantitative estimate of drug-likeness (QED) is 0.631. The molecular weight excluding hydrogens is 166 g/mol. The lowest BCUT2D eigenvalue weighted by atomic mass is 10.5. The van der Waals surface area contributed by atoms with Gasteiger partial charge in [0, 0.05) is 6.20 Å². The highest BCUT2D eigenvalue weighted by atomic mass is 35.5. The normalized spacial score (nSPS) is 10.6. The van der Waals surface area contributed by atoms with Gasteiger partial charge in [-0.1, -0.05) is 0 Å². The molecule has 0 amide bonds. The molecule has 0 fully saturated rings. The molecule has 1 N–H and O–H groups in total. The van der Waals surface area contributed by atoms with E-state index in [0.717, 1.165) is 0 Å². The molecule has 0 aliphatic rings. The highest BCUT2D eigenvalue weighted by Crippen LogP contribution is 1.98. The fourth-order valence-corrected chi connectivity index (χ4v) is 1.08. The van der Waals surface area contributed by atoms with Crippen LogP contribution < -0.4 is 5.56 Å². The second-order valence-corrected chi connectivity index (χ2v) is 2.44. The van der Waals surface area contributed by atoms with Gasteiger partial charge in [0.25, 0.3) is 5.56 Å². The third-order valence-electron chi connectivity index (χ3n) is 1.37. The Balaban J connectivity index is 3.02. The van der Waals surface area contributed by atoms with E-state index in [1.165, 1.54) is 4.52 Å². The van der Waals surface area contributed by atoms with E-state index in [2.05, 4.69) is 10.1 Å². The highest BCUT2D eigenvalue weighted by Gasteiger charge is 1.98. The summed E-state index contributed by atoms with van der Waals surface area (Å²) < 4.78 is 1.43. The molecule has 2 rings (SSSR count). The molecule has 2 aromatic heterocycles. The fraction of sp³-hybridized carbons (Fsp3) is 0. The van der Waals surface area contributed by atoms with E-state index in [4.69, 9.17) is 11.6 Å². The summed E-state index contributed by atoms with van der Waals surface area (Å²) in [5.41, 5.74) is 0.268. The summed E-state index contributed by atoms with van der Waals surface area (Å²) >= 11 is 5.49. The van der Waals surface area contributed by atoms with Crippen molar-refractivity contribution in [2.75, 3.05) is 0 Å². The predicted octanol–water partition coefficient (Wildman–Crippen LogP) is 0.676. The van der Waals surface area contributed by atoms with Gasteiger partial charge in [0.2, 0.25) is 5.28 Å². The van der Waals surface area contributed by atoms with Gasteiger partial charge in [-0.25, -0.2) is 4.52 Å². The minimum atomic E-state index is -0.227. The maximum atomic E-state index is 11.1. The van der Waals surface area contributed by atoms with Gasteiger partial charge in [-0.15, -0.1) is 5.10 Å². The average molecular weight is 170 g/mol. The second kappa shape index (κ2) is 2.10. The van der Waals surface area contributed by atoms with Gasteiger partial charge in [-0.3, -0.25) is 9.78 Å². The highest BCUT2D eigenvalue weighted by molar-refractivity contribution is 6.28. The fourth-order valence-electron chi connectivity index (χ4n) is 0.917. The molecule has 4 nitrogen and oxygen atoms in total. The van der Waals surface area contributed by atoms with Crippen molar-refractivity contribution in [2.24, 2.45) is 0 Å². The Morgan fingerprint density at radius 3 is 3.27 bits per heavy atom. The van der Waals surface area contributed by atoms with Gasteiger partial charge in [0.15, 0.2) is 0 Å². The Morgan fingerprint density at radius 2 is 2.45 bits per heavy atom. The van der Waals surface area contributed by atoms with Crippen molar-refractivity contribution in [1.29, 1.82) is 0 Å². The molecule has 0 spiro atoms. The van der Waals surface area contributed by atoms with Gasteiger partial charge in [0.05, 0.1) is 0 Å². The van der Waals surface area contributed by atoms with E-state index in [1.807, 2.05) is 0 Å². The average Bonchev–Trinajstić information content (AvgIpc) is 2.34. The molecule has 5 heteroatoms. The molecule has 0 radical (unpaired) electrons. The summed E-state index contributed by atoms with van der Waals surface area (Å²) in [4.78, 5) is 13.4. The van der Waals surface area contributed by atoms with E-state index in [9.17, 15) is 4.79 Å². The molecule has 2 aromatic rings.